The van der Waals surface area contributed by atoms with Crippen molar-refractivity contribution in [3.63, 3.8) is 0 Å². The van der Waals surface area contributed by atoms with Crippen LogP contribution >= 0.6 is 25.3 Å². The quantitative estimate of drug-likeness (QED) is 0.0688. The normalized spacial score (nSPS) is 14.0. The van der Waals surface area contributed by atoms with Gasteiger partial charge in [0.15, 0.2) is 0 Å². The Morgan fingerprint density at radius 2 is 1.08 bits per heavy atom. The number of phenols is 2. The van der Waals surface area contributed by atoms with Crippen LogP contribution < -0.4 is 27.0 Å². The van der Waals surface area contributed by atoms with Crippen molar-refractivity contribution in [2.75, 3.05) is 11.5 Å². The number of carboxylic acid groups (broad SMARTS) is 1. The van der Waals surface area contributed by atoms with E-state index in [9.17, 15) is 39.3 Å². The third kappa shape index (κ3) is 10.9. The van der Waals surface area contributed by atoms with Crippen LogP contribution in [0.2, 0.25) is 0 Å². The molecule has 14 nitrogen and oxygen atoms in total. The highest BCUT2D eigenvalue weighted by molar-refractivity contribution is 7.80. The number of fused-ring (bicyclic) bond motifs is 1. The van der Waals surface area contributed by atoms with Crippen LogP contribution in [0, 0.1) is 0 Å². The minimum atomic E-state index is -1.35. The van der Waals surface area contributed by atoms with Gasteiger partial charge in [0, 0.05) is 47.9 Å². The summed E-state index contributed by atoms with van der Waals surface area (Å²) in [5.74, 6) is -4.51. The summed E-state index contributed by atoms with van der Waals surface area (Å²) in [6.07, 6.45) is 1.54. The van der Waals surface area contributed by atoms with Crippen LogP contribution in [0.1, 0.15) is 16.7 Å². The summed E-state index contributed by atoms with van der Waals surface area (Å²) < 4.78 is 0. The SMILES string of the molecule is N[C@@H](CS)C(=O)N[C@@H](Cc1ccc(O)cc1)C(=O)N[C@@H](Cc1c[nH]c2ccccc12)C(=O)N[C@@H](Cc1ccc(O)cc1)C(=O)N[C@@H](CS)C(=O)O. The van der Waals surface area contributed by atoms with Crippen LogP contribution in [0.4, 0.5) is 0 Å². The molecule has 0 saturated heterocycles. The number of hydrogen-bond acceptors (Lipinski definition) is 10. The zero-order chi connectivity index (χ0) is 37.1. The van der Waals surface area contributed by atoms with E-state index < -0.39 is 59.8 Å². The van der Waals surface area contributed by atoms with E-state index in [1.165, 1.54) is 24.3 Å². The predicted molar refractivity (Wildman–Crippen MR) is 197 cm³/mol. The number of carboxylic acids is 1. The number of aliphatic carboxylic acids is 1. The molecule has 4 amide bonds. The maximum absolute atomic E-state index is 14.2. The summed E-state index contributed by atoms with van der Waals surface area (Å²) in [4.78, 5) is 69.2. The number of aromatic nitrogens is 1. The molecule has 4 rings (SSSR count). The number of nitrogens with one attached hydrogen (secondary N) is 5. The first kappa shape index (κ1) is 38.6. The second-order valence-corrected chi connectivity index (χ2v) is 12.6. The van der Waals surface area contributed by atoms with Gasteiger partial charge in [0.2, 0.25) is 23.6 Å². The van der Waals surface area contributed by atoms with E-state index >= 15 is 0 Å². The Kier molecular flexibility index (Phi) is 13.8. The van der Waals surface area contributed by atoms with Crippen LogP contribution in [0.3, 0.4) is 0 Å². The third-order valence-corrected chi connectivity index (χ3v) is 8.84. The van der Waals surface area contributed by atoms with Crippen molar-refractivity contribution in [3.05, 3.63) is 95.7 Å². The lowest BCUT2D eigenvalue weighted by molar-refractivity contribution is -0.141. The van der Waals surface area contributed by atoms with Crippen molar-refractivity contribution in [1.82, 2.24) is 26.3 Å². The molecule has 0 spiro atoms. The second-order valence-electron chi connectivity index (χ2n) is 11.9. The number of carbonyl (C=O) groups excluding carboxylic acids is 4. The Morgan fingerprint density at radius 3 is 1.55 bits per heavy atom. The summed E-state index contributed by atoms with van der Waals surface area (Å²) in [6, 6.07) is 13.1. The standard InChI is InChI=1S/C35H40N6O8S2/c36-25(17-50)31(44)38-27(13-19-5-9-22(42)10-6-19)32(45)40-29(15-21-16-37-26-4-2-1-3-24(21)26)34(47)39-28(14-20-7-11-23(43)12-8-20)33(46)41-30(18-51)35(48)49/h1-12,16,25,27-30,37,42-43,50-51H,13-15,17-18,36H2,(H,38,44)(H,39,47)(H,40,45)(H,41,46)(H,48,49)/t25-,27-,28-,29-,30-/m0/s1. The van der Waals surface area contributed by atoms with Gasteiger partial charge in [-0.3, -0.25) is 19.2 Å². The minimum Gasteiger partial charge on any atom is -0.508 e. The van der Waals surface area contributed by atoms with Gasteiger partial charge in [-0.15, -0.1) is 0 Å². The maximum atomic E-state index is 14.2. The molecule has 0 aliphatic rings. The van der Waals surface area contributed by atoms with Gasteiger partial charge in [-0.2, -0.15) is 25.3 Å². The van der Waals surface area contributed by atoms with Crippen molar-refractivity contribution in [2.24, 2.45) is 5.73 Å². The van der Waals surface area contributed by atoms with Gasteiger partial charge < -0.3 is 47.3 Å². The van der Waals surface area contributed by atoms with Gasteiger partial charge in [-0.1, -0.05) is 42.5 Å². The molecule has 0 fully saturated rings. The van der Waals surface area contributed by atoms with E-state index in [2.05, 4.69) is 51.5 Å². The molecular formula is C35H40N6O8S2. The van der Waals surface area contributed by atoms with Crippen LogP contribution in [0.25, 0.3) is 10.9 Å². The lowest BCUT2D eigenvalue weighted by atomic mass is 10.0. The number of thiol groups is 2. The molecule has 10 N–H and O–H groups in total. The molecular weight excluding hydrogens is 697 g/mol. The number of H-pyrrole nitrogens is 1. The van der Waals surface area contributed by atoms with E-state index in [-0.39, 0.29) is 42.3 Å². The van der Waals surface area contributed by atoms with E-state index in [0.717, 1.165) is 10.9 Å². The fourth-order valence-corrected chi connectivity index (χ4v) is 5.66. The van der Waals surface area contributed by atoms with Crippen molar-refractivity contribution in [2.45, 2.75) is 49.5 Å². The van der Waals surface area contributed by atoms with Gasteiger partial charge in [-0.25, -0.2) is 4.79 Å². The number of phenolic OH excluding ortho intramolecular Hbond substituents is 2. The minimum absolute atomic E-state index is 0.00537. The van der Waals surface area contributed by atoms with E-state index in [0.29, 0.717) is 16.7 Å². The fourth-order valence-electron chi connectivity index (χ4n) is 5.25. The summed E-state index contributed by atoms with van der Waals surface area (Å²) >= 11 is 8.09. The Bertz CT molecular complexity index is 1840. The highest BCUT2D eigenvalue weighted by Gasteiger charge is 2.32. The van der Waals surface area contributed by atoms with Gasteiger partial charge in [-0.05, 0) is 47.0 Å². The highest BCUT2D eigenvalue weighted by atomic mass is 32.1. The van der Waals surface area contributed by atoms with Crippen molar-refractivity contribution < 1.29 is 39.3 Å². The number of aromatic hydroxyl groups is 2. The number of para-hydroxylation sites is 1. The molecule has 16 heteroatoms. The first-order valence-electron chi connectivity index (χ1n) is 15.9. The topological polar surface area (TPSA) is 236 Å². The molecule has 0 aliphatic carbocycles. The van der Waals surface area contributed by atoms with Gasteiger partial charge >= 0.3 is 5.97 Å². The number of rotatable bonds is 17. The van der Waals surface area contributed by atoms with Crippen molar-refractivity contribution >= 4 is 65.8 Å². The molecule has 1 heterocycles. The molecule has 3 aromatic carbocycles. The fraction of sp³-hybridized carbons (Fsp3) is 0.286. The van der Waals surface area contributed by atoms with E-state index in [1.807, 2.05) is 24.3 Å². The van der Waals surface area contributed by atoms with Gasteiger partial charge in [0.1, 0.15) is 35.7 Å². The third-order valence-electron chi connectivity index (χ3n) is 8.08. The van der Waals surface area contributed by atoms with Gasteiger partial charge in [0.25, 0.3) is 0 Å². The lowest BCUT2D eigenvalue weighted by Gasteiger charge is -2.26. The predicted octanol–water partition coefficient (Wildman–Crippen LogP) is 0.818. The summed E-state index contributed by atoms with van der Waals surface area (Å²) in [6.45, 7) is 0. The van der Waals surface area contributed by atoms with Crippen molar-refractivity contribution in [3.8, 4) is 11.5 Å². The van der Waals surface area contributed by atoms with Crippen LogP contribution in [-0.2, 0) is 43.2 Å². The molecule has 0 unspecified atom stereocenters. The summed E-state index contributed by atoms with van der Waals surface area (Å²) in [7, 11) is 0. The zero-order valence-electron chi connectivity index (χ0n) is 27.3. The Hall–Kier alpha value is -5.19. The largest absolute Gasteiger partial charge is 0.508 e. The van der Waals surface area contributed by atoms with Crippen LogP contribution in [0.5, 0.6) is 11.5 Å². The number of benzene rings is 3. The monoisotopic (exact) mass is 736 g/mol. The molecule has 0 bridgehead atoms. The number of carbonyl (C=O) groups is 5. The molecule has 0 aliphatic heterocycles. The molecule has 0 saturated carbocycles. The molecule has 51 heavy (non-hydrogen) atoms. The molecule has 4 aromatic rings. The number of aromatic amines is 1. The summed E-state index contributed by atoms with van der Waals surface area (Å²) in [5, 5.41) is 40.2. The molecule has 270 valence electrons. The number of amides is 4. The zero-order valence-corrected chi connectivity index (χ0v) is 29.1. The summed E-state index contributed by atoms with van der Waals surface area (Å²) in [5.41, 5.74) is 8.46. The molecule has 5 atom stereocenters. The van der Waals surface area contributed by atoms with E-state index in [4.69, 9.17) is 5.73 Å². The van der Waals surface area contributed by atoms with Crippen molar-refractivity contribution in [1.29, 1.82) is 0 Å². The smallest absolute Gasteiger partial charge is 0.327 e. The average molecular weight is 737 g/mol. The van der Waals surface area contributed by atoms with Gasteiger partial charge in [0.05, 0.1) is 6.04 Å². The molecule has 1 aromatic heterocycles. The Morgan fingerprint density at radius 1 is 0.627 bits per heavy atom. The highest BCUT2D eigenvalue weighted by Crippen LogP contribution is 2.20. The first-order chi connectivity index (χ1) is 24.4. The first-order valence-corrected chi connectivity index (χ1v) is 17.2. The lowest BCUT2D eigenvalue weighted by Crippen LogP contribution is -2.59. The van der Waals surface area contributed by atoms with Crippen LogP contribution in [-0.4, -0.2) is 91.6 Å². The van der Waals surface area contributed by atoms with Crippen LogP contribution in [0.15, 0.2) is 79.0 Å². The molecule has 0 radical (unpaired) electrons. The second kappa shape index (κ2) is 18.2. The number of nitrogens with two attached hydrogens (primary N) is 1. The average Bonchev–Trinajstić information content (AvgIpc) is 3.53. The number of hydrogen-bond donors (Lipinski definition) is 11. The van der Waals surface area contributed by atoms with E-state index in [1.54, 1.807) is 30.5 Å². The maximum Gasteiger partial charge on any atom is 0.327 e. The Balaban J connectivity index is 1.67. The Labute approximate surface area is 304 Å².